The molecule has 9 nitrogen and oxygen atoms in total. The molecule has 36 heavy (non-hydrogen) atoms. The van der Waals surface area contributed by atoms with Gasteiger partial charge in [0.1, 0.15) is 29.2 Å². The molecule has 3 heterocycles. The summed E-state index contributed by atoms with van der Waals surface area (Å²) < 4.78 is 26.0. The van der Waals surface area contributed by atoms with Gasteiger partial charge in [-0.1, -0.05) is 12.1 Å². The van der Waals surface area contributed by atoms with Gasteiger partial charge in [-0.25, -0.2) is 9.37 Å². The Balaban J connectivity index is 1.44. The molecule has 0 radical (unpaired) electrons. The van der Waals surface area contributed by atoms with Gasteiger partial charge in [-0.05, 0) is 36.2 Å². The summed E-state index contributed by atoms with van der Waals surface area (Å²) in [5.41, 5.74) is 7.93. The average molecular weight is 489 g/mol. The number of phenolic OH excluding ortho intramolecular Hbond substituents is 1. The summed E-state index contributed by atoms with van der Waals surface area (Å²) in [6.45, 7) is 4.99. The number of pyridine rings is 1. The highest BCUT2D eigenvalue weighted by Crippen LogP contribution is 2.39. The largest absolute Gasteiger partial charge is 0.508 e. The lowest BCUT2D eigenvalue weighted by Crippen LogP contribution is -2.37. The first-order valence-corrected chi connectivity index (χ1v) is 11.6. The minimum atomic E-state index is -0.700. The Hall–Kier alpha value is -4.20. The molecule has 1 fully saturated rings. The fraction of sp³-hybridized carbons (Fsp3) is 0.269. The summed E-state index contributed by atoms with van der Waals surface area (Å²) >= 11 is 0. The summed E-state index contributed by atoms with van der Waals surface area (Å²) in [7, 11) is 0. The number of H-pyrrole nitrogens is 1. The number of benzene rings is 2. The lowest BCUT2D eigenvalue weighted by molar-refractivity contribution is 0.0358. The number of anilines is 1. The number of ether oxygens (including phenoxy) is 2. The van der Waals surface area contributed by atoms with Crippen LogP contribution < -0.4 is 10.5 Å². The van der Waals surface area contributed by atoms with Crippen LogP contribution in [0, 0.1) is 17.1 Å². The number of nitrogen functional groups attached to an aromatic ring is 1. The molecule has 0 atom stereocenters. The van der Waals surface area contributed by atoms with E-state index in [1.165, 1.54) is 12.1 Å². The van der Waals surface area contributed by atoms with Crippen LogP contribution in [0.4, 0.5) is 10.2 Å². The van der Waals surface area contributed by atoms with E-state index < -0.39 is 5.82 Å². The van der Waals surface area contributed by atoms with Gasteiger partial charge in [0.25, 0.3) is 0 Å². The number of nitrogens with one attached hydrogen (secondary N) is 1. The van der Waals surface area contributed by atoms with Crippen molar-refractivity contribution in [2.24, 2.45) is 0 Å². The van der Waals surface area contributed by atoms with Gasteiger partial charge >= 0.3 is 0 Å². The van der Waals surface area contributed by atoms with Crippen molar-refractivity contribution in [2.45, 2.75) is 6.42 Å². The number of nitriles is 1. The summed E-state index contributed by atoms with van der Waals surface area (Å²) in [5.74, 6) is 0.0360. The molecule has 0 amide bonds. The Morgan fingerprint density at radius 1 is 1.19 bits per heavy atom. The smallest absolute Gasteiger partial charge is 0.184 e. The number of hydrogen-bond donors (Lipinski definition) is 3. The highest BCUT2D eigenvalue weighted by atomic mass is 19.1. The molecule has 0 unspecified atom stereocenters. The zero-order valence-electron chi connectivity index (χ0n) is 19.5. The maximum atomic E-state index is 14.7. The van der Waals surface area contributed by atoms with Crippen LogP contribution >= 0.6 is 0 Å². The molecule has 1 saturated heterocycles. The van der Waals surface area contributed by atoms with Crippen molar-refractivity contribution < 1.29 is 19.0 Å². The third kappa shape index (κ3) is 4.66. The number of morpholine rings is 1. The molecule has 184 valence electrons. The minimum absolute atomic E-state index is 0.0780. The van der Waals surface area contributed by atoms with Crippen molar-refractivity contribution in [1.29, 1.82) is 5.26 Å². The topological polar surface area (TPSA) is 133 Å². The Kier molecular flexibility index (Phi) is 6.66. The van der Waals surface area contributed by atoms with Crippen LogP contribution in [0.2, 0.25) is 0 Å². The highest BCUT2D eigenvalue weighted by Gasteiger charge is 2.23. The number of aromatic hydroxyl groups is 1. The molecule has 1 aliphatic heterocycles. The second kappa shape index (κ2) is 10.2. The van der Waals surface area contributed by atoms with Crippen LogP contribution in [0.3, 0.4) is 0 Å². The van der Waals surface area contributed by atoms with E-state index in [4.69, 9.17) is 15.2 Å². The van der Waals surface area contributed by atoms with Gasteiger partial charge in [0.15, 0.2) is 5.65 Å². The van der Waals surface area contributed by atoms with Crippen LogP contribution in [-0.4, -0.2) is 64.6 Å². The van der Waals surface area contributed by atoms with Crippen molar-refractivity contribution >= 4 is 16.9 Å². The molecule has 0 aliphatic carbocycles. The third-order valence-electron chi connectivity index (χ3n) is 6.18. The van der Waals surface area contributed by atoms with E-state index in [1.807, 2.05) is 24.3 Å². The van der Waals surface area contributed by atoms with Crippen LogP contribution in [0.15, 0.2) is 42.5 Å². The molecular weight excluding hydrogens is 463 g/mol. The number of aromatic nitrogens is 3. The van der Waals surface area contributed by atoms with Gasteiger partial charge in [-0.15, -0.1) is 0 Å². The third-order valence-corrected chi connectivity index (χ3v) is 6.18. The molecule has 4 aromatic rings. The summed E-state index contributed by atoms with van der Waals surface area (Å²) in [5, 5.41) is 27.0. The lowest BCUT2D eigenvalue weighted by atomic mass is 9.93. The first-order valence-electron chi connectivity index (χ1n) is 11.6. The predicted molar refractivity (Wildman–Crippen MR) is 133 cm³/mol. The second-order valence-electron chi connectivity index (χ2n) is 8.50. The molecule has 2 aromatic carbocycles. The zero-order valence-corrected chi connectivity index (χ0v) is 19.5. The van der Waals surface area contributed by atoms with Gasteiger partial charge < -0.3 is 20.3 Å². The molecule has 10 heteroatoms. The van der Waals surface area contributed by atoms with Gasteiger partial charge in [-0.3, -0.25) is 10.00 Å². The van der Waals surface area contributed by atoms with Crippen molar-refractivity contribution in [3.63, 3.8) is 0 Å². The second-order valence-corrected chi connectivity index (χ2v) is 8.50. The van der Waals surface area contributed by atoms with Crippen LogP contribution in [-0.2, 0) is 4.74 Å². The van der Waals surface area contributed by atoms with Crippen LogP contribution in [0.25, 0.3) is 33.4 Å². The summed E-state index contributed by atoms with van der Waals surface area (Å²) in [6, 6.07) is 13.2. The first kappa shape index (κ1) is 23.5. The van der Waals surface area contributed by atoms with Crippen molar-refractivity contribution in [3.8, 4) is 40.0 Å². The Bertz CT molecular complexity index is 1420. The number of nitrogens with zero attached hydrogens (tertiary/aromatic N) is 4. The van der Waals surface area contributed by atoms with Crippen molar-refractivity contribution in [1.82, 2.24) is 20.1 Å². The Morgan fingerprint density at radius 2 is 1.97 bits per heavy atom. The fourth-order valence-corrected chi connectivity index (χ4v) is 4.39. The molecule has 2 aromatic heterocycles. The first-order chi connectivity index (χ1) is 17.5. The van der Waals surface area contributed by atoms with Crippen LogP contribution in [0.5, 0.6) is 11.5 Å². The number of hydrogen-bond acceptors (Lipinski definition) is 8. The predicted octanol–water partition coefficient (Wildman–Crippen LogP) is 3.69. The van der Waals surface area contributed by atoms with Crippen molar-refractivity contribution in [3.05, 3.63) is 53.8 Å². The highest BCUT2D eigenvalue weighted by molar-refractivity contribution is 6.04. The van der Waals surface area contributed by atoms with Crippen molar-refractivity contribution in [2.75, 3.05) is 45.2 Å². The Morgan fingerprint density at radius 3 is 2.69 bits per heavy atom. The lowest BCUT2D eigenvalue weighted by Gasteiger charge is -2.26. The molecule has 4 N–H and O–H groups in total. The molecular formula is C26H25FN6O3. The quantitative estimate of drug-likeness (QED) is 0.336. The van der Waals surface area contributed by atoms with Gasteiger partial charge in [0.05, 0.1) is 36.5 Å². The maximum Gasteiger partial charge on any atom is 0.184 e. The summed E-state index contributed by atoms with van der Waals surface area (Å²) in [6.07, 6.45) is 0.901. The normalized spacial score (nSPS) is 14.1. The molecule has 5 rings (SSSR count). The molecule has 0 spiro atoms. The zero-order chi connectivity index (χ0) is 25.1. The minimum Gasteiger partial charge on any atom is -0.508 e. The monoisotopic (exact) mass is 488 g/mol. The van der Waals surface area contributed by atoms with E-state index >= 15 is 0 Å². The molecule has 0 bridgehead atoms. The van der Waals surface area contributed by atoms with E-state index in [0.717, 1.165) is 45.3 Å². The number of fused-ring (bicyclic) bond motifs is 1. The number of phenols is 1. The Labute approximate surface area is 206 Å². The summed E-state index contributed by atoms with van der Waals surface area (Å²) in [4.78, 5) is 6.78. The van der Waals surface area contributed by atoms with E-state index in [-0.39, 0.29) is 34.0 Å². The average Bonchev–Trinajstić information content (AvgIpc) is 3.27. The van der Waals surface area contributed by atoms with Gasteiger partial charge in [0.2, 0.25) is 0 Å². The molecule has 0 saturated carbocycles. The van der Waals surface area contributed by atoms with Gasteiger partial charge in [0, 0.05) is 36.8 Å². The number of aromatic amines is 1. The van der Waals surface area contributed by atoms with E-state index in [1.54, 1.807) is 0 Å². The SMILES string of the molecule is N#Cc1c(-c2ccc(O)cc2F)nc2n[nH]c(N)c2c1-c1ccc(OCCCN2CCOCC2)cc1. The fourth-order valence-electron chi connectivity index (χ4n) is 4.39. The van der Waals surface area contributed by atoms with E-state index in [9.17, 15) is 14.8 Å². The standard InChI is InChI=1S/C26H25FN6O3/c27-21-14-17(34)4-7-19(21)24-20(15-28)22(23-25(29)31-32-26(23)30-24)16-2-5-18(6-3-16)36-11-1-8-33-9-12-35-13-10-33/h2-7,14,34H,1,8-13H2,(H3,29,30,31,32). The van der Waals surface area contributed by atoms with E-state index in [2.05, 4.69) is 26.2 Å². The number of rotatable bonds is 7. The van der Waals surface area contributed by atoms with E-state index in [0.29, 0.717) is 28.9 Å². The van der Waals surface area contributed by atoms with Crippen LogP contribution in [0.1, 0.15) is 12.0 Å². The number of nitrogens with two attached hydrogens (primary N) is 1. The van der Waals surface area contributed by atoms with Gasteiger partial charge in [-0.2, -0.15) is 10.4 Å². The number of halogens is 1. The maximum absolute atomic E-state index is 14.7. The molecule has 1 aliphatic rings.